The van der Waals surface area contributed by atoms with Gasteiger partial charge in [-0.3, -0.25) is 4.79 Å². The summed E-state index contributed by atoms with van der Waals surface area (Å²) in [6, 6.07) is 7.40. The van der Waals surface area contributed by atoms with Crippen LogP contribution in [-0.2, 0) is 4.74 Å². The van der Waals surface area contributed by atoms with Gasteiger partial charge in [0.15, 0.2) is 12.2 Å². The number of carbonyl (C=O) groups is 1. The minimum atomic E-state index is -0.0675. The molecule has 6 heteroatoms. The lowest BCUT2D eigenvalue weighted by atomic mass is 9.92. The molecule has 1 aromatic carbocycles. The molecule has 0 saturated carbocycles. The van der Waals surface area contributed by atoms with Crippen LogP contribution in [-0.4, -0.2) is 42.2 Å². The largest absolute Gasteiger partial charge is 0.444 e. The fraction of sp³-hybridized carbons (Fsp3) is 0.375. The fourth-order valence-corrected chi connectivity index (χ4v) is 3.00. The lowest BCUT2D eigenvalue weighted by molar-refractivity contribution is -0.0360. The molecule has 1 spiro atoms. The molecule has 1 aromatic heterocycles. The van der Waals surface area contributed by atoms with Crippen LogP contribution in [0.1, 0.15) is 16.8 Å². The predicted molar refractivity (Wildman–Crippen MR) is 79.4 cm³/mol. The zero-order valence-electron chi connectivity index (χ0n) is 12.0. The summed E-state index contributed by atoms with van der Waals surface area (Å²) in [5.41, 5.74) is 1.49. The lowest BCUT2D eigenvalue weighted by Gasteiger charge is -2.38. The standard InChI is InChI=1S/C16H17N3O3/c20-15(19-13-5-16(22-7-13)8-18-9-16)12-3-1-11(2-4-12)14-6-17-10-21-14/h1-4,6,10,13,18H,5,7-9H2,(H,19,20). The topological polar surface area (TPSA) is 76.4 Å². The number of carbonyl (C=O) groups excluding carboxylic acids is 1. The molecular formula is C16H17N3O3. The smallest absolute Gasteiger partial charge is 0.251 e. The summed E-state index contributed by atoms with van der Waals surface area (Å²) in [6.45, 7) is 2.35. The van der Waals surface area contributed by atoms with Crippen LogP contribution < -0.4 is 10.6 Å². The van der Waals surface area contributed by atoms with Crippen LogP contribution in [0.25, 0.3) is 11.3 Å². The van der Waals surface area contributed by atoms with Crippen LogP contribution in [0.15, 0.2) is 41.3 Å². The van der Waals surface area contributed by atoms with Crippen molar-refractivity contribution in [3.8, 4) is 11.3 Å². The lowest BCUT2D eigenvalue weighted by Crippen LogP contribution is -2.59. The first-order valence-corrected chi connectivity index (χ1v) is 7.39. The van der Waals surface area contributed by atoms with E-state index in [-0.39, 0.29) is 17.6 Å². The summed E-state index contributed by atoms with van der Waals surface area (Å²) in [5, 5.41) is 6.26. The highest BCUT2D eigenvalue weighted by atomic mass is 16.5. The SMILES string of the molecule is O=C(NC1COC2(CNC2)C1)c1ccc(-c2cnco2)cc1. The van der Waals surface area contributed by atoms with Crippen LogP contribution >= 0.6 is 0 Å². The molecule has 0 radical (unpaired) electrons. The van der Waals surface area contributed by atoms with Crippen molar-refractivity contribution in [2.75, 3.05) is 19.7 Å². The van der Waals surface area contributed by atoms with Crippen molar-refractivity contribution >= 4 is 5.91 Å². The van der Waals surface area contributed by atoms with E-state index >= 15 is 0 Å². The Morgan fingerprint density at radius 2 is 2.14 bits per heavy atom. The fourth-order valence-electron chi connectivity index (χ4n) is 3.00. The summed E-state index contributed by atoms with van der Waals surface area (Å²) in [6.07, 6.45) is 3.92. The minimum absolute atomic E-state index is 0.0475. The molecule has 114 valence electrons. The summed E-state index contributed by atoms with van der Waals surface area (Å²) >= 11 is 0. The predicted octanol–water partition coefficient (Wildman–Crippen LogP) is 1.20. The van der Waals surface area contributed by atoms with Gasteiger partial charge in [0.2, 0.25) is 0 Å². The molecule has 6 nitrogen and oxygen atoms in total. The Kier molecular flexibility index (Phi) is 3.20. The van der Waals surface area contributed by atoms with Crippen LogP contribution in [0.2, 0.25) is 0 Å². The number of hydrogen-bond acceptors (Lipinski definition) is 5. The maximum Gasteiger partial charge on any atom is 0.251 e. The second kappa shape index (κ2) is 5.23. The average Bonchev–Trinajstić information content (AvgIpc) is 3.16. The van der Waals surface area contributed by atoms with Gasteiger partial charge in [-0.2, -0.15) is 0 Å². The number of hydrogen-bond donors (Lipinski definition) is 2. The second-order valence-corrected chi connectivity index (χ2v) is 5.92. The van der Waals surface area contributed by atoms with E-state index in [2.05, 4.69) is 15.6 Å². The van der Waals surface area contributed by atoms with Crippen LogP contribution in [0, 0.1) is 0 Å². The number of ether oxygens (including phenoxy) is 1. The van der Waals surface area contributed by atoms with Gasteiger partial charge in [-0.25, -0.2) is 4.98 Å². The molecule has 0 aliphatic carbocycles. The summed E-state index contributed by atoms with van der Waals surface area (Å²) in [4.78, 5) is 16.2. The number of nitrogens with zero attached hydrogens (tertiary/aromatic N) is 1. The molecular weight excluding hydrogens is 282 g/mol. The number of oxazole rings is 1. The quantitative estimate of drug-likeness (QED) is 0.890. The molecule has 2 aliphatic heterocycles. The van der Waals surface area contributed by atoms with E-state index in [0.29, 0.717) is 17.9 Å². The Morgan fingerprint density at radius 3 is 2.73 bits per heavy atom. The normalized spacial score (nSPS) is 22.5. The van der Waals surface area contributed by atoms with Crippen molar-refractivity contribution in [3.05, 3.63) is 42.4 Å². The highest BCUT2D eigenvalue weighted by molar-refractivity contribution is 5.94. The number of rotatable bonds is 3. The van der Waals surface area contributed by atoms with Gasteiger partial charge in [0.25, 0.3) is 5.91 Å². The molecule has 2 N–H and O–H groups in total. The zero-order chi connectivity index (χ0) is 15.0. The van der Waals surface area contributed by atoms with Gasteiger partial charge in [0.05, 0.1) is 24.4 Å². The number of aromatic nitrogens is 1. The van der Waals surface area contributed by atoms with Gasteiger partial charge >= 0.3 is 0 Å². The minimum Gasteiger partial charge on any atom is -0.444 e. The molecule has 1 amide bonds. The van der Waals surface area contributed by atoms with E-state index in [1.807, 2.05) is 12.1 Å². The molecule has 2 fully saturated rings. The second-order valence-electron chi connectivity index (χ2n) is 5.92. The monoisotopic (exact) mass is 299 g/mol. The van der Waals surface area contributed by atoms with Gasteiger partial charge in [0, 0.05) is 30.6 Å². The van der Waals surface area contributed by atoms with E-state index in [4.69, 9.17) is 9.15 Å². The molecule has 1 unspecified atom stereocenters. The molecule has 0 bridgehead atoms. The van der Waals surface area contributed by atoms with Crippen LogP contribution in [0.3, 0.4) is 0 Å². The molecule has 3 heterocycles. The van der Waals surface area contributed by atoms with Gasteiger partial charge in [0.1, 0.15) is 0 Å². The first-order valence-electron chi connectivity index (χ1n) is 7.39. The molecule has 2 saturated heterocycles. The maximum absolute atomic E-state index is 12.3. The number of benzene rings is 1. The van der Waals surface area contributed by atoms with Gasteiger partial charge in [-0.15, -0.1) is 0 Å². The average molecular weight is 299 g/mol. The van der Waals surface area contributed by atoms with Gasteiger partial charge < -0.3 is 19.8 Å². The Labute approximate surface area is 127 Å². The number of nitrogens with one attached hydrogen (secondary N) is 2. The van der Waals surface area contributed by atoms with Crippen molar-refractivity contribution < 1.29 is 13.9 Å². The highest BCUT2D eigenvalue weighted by Crippen LogP contribution is 2.29. The van der Waals surface area contributed by atoms with E-state index in [9.17, 15) is 4.79 Å². The zero-order valence-corrected chi connectivity index (χ0v) is 12.0. The highest BCUT2D eigenvalue weighted by Gasteiger charge is 2.45. The Balaban J connectivity index is 1.40. The molecule has 2 aliphatic rings. The van der Waals surface area contributed by atoms with Crippen molar-refractivity contribution in [2.45, 2.75) is 18.1 Å². The molecule has 2 aromatic rings. The first kappa shape index (κ1) is 13.5. The van der Waals surface area contributed by atoms with Crippen molar-refractivity contribution in [2.24, 2.45) is 0 Å². The van der Waals surface area contributed by atoms with E-state index in [0.717, 1.165) is 25.1 Å². The first-order chi connectivity index (χ1) is 10.7. The summed E-state index contributed by atoms with van der Waals surface area (Å²) in [7, 11) is 0. The van der Waals surface area contributed by atoms with E-state index in [1.54, 1.807) is 18.3 Å². The Morgan fingerprint density at radius 1 is 1.32 bits per heavy atom. The molecule has 22 heavy (non-hydrogen) atoms. The Hall–Kier alpha value is -2.18. The van der Waals surface area contributed by atoms with E-state index < -0.39 is 0 Å². The van der Waals surface area contributed by atoms with Gasteiger partial charge in [-0.05, 0) is 12.1 Å². The van der Waals surface area contributed by atoms with Crippen molar-refractivity contribution in [1.82, 2.24) is 15.6 Å². The Bertz CT molecular complexity index is 662. The summed E-state index contributed by atoms with van der Waals surface area (Å²) < 4.78 is 11.0. The van der Waals surface area contributed by atoms with Crippen LogP contribution in [0.4, 0.5) is 0 Å². The molecule has 4 rings (SSSR count). The molecule has 1 atom stereocenters. The van der Waals surface area contributed by atoms with Crippen molar-refractivity contribution in [1.29, 1.82) is 0 Å². The van der Waals surface area contributed by atoms with E-state index in [1.165, 1.54) is 6.39 Å². The maximum atomic E-state index is 12.3. The van der Waals surface area contributed by atoms with Crippen LogP contribution in [0.5, 0.6) is 0 Å². The summed E-state index contributed by atoms with van der Waals surface area (Å²) in [5.74, 6) is 0.623. The van der Waals surface area contributed by atoms with Crippen molar-refractivity contribution in [3.63, 3.8) is 0 Å². The van der Waals surface area contributed by atoms with Gasteiger partial charge in [-0.1, -0.05) is 12.1 Å². The number of amides is 1. The third-order valence-corrected chi connectivity index (χ3v) is 4.30. The third-order valence-electron chi connectivity index (χ3n) is 4.30. The third kappa shape index (κ3) is 2.40.